The predicted molar refractivity (Wildman–Crippen MR) is 98.2 cm³/mol. The number of rotatable bonds is 1. The Balaban J connectivity index is 1.66. The van der Waals surface area contributed by atoms with Crippen molar-refractivity contribution >= 4 is 11.8 Å². The topological polar surface area (TPSA) is 77.4 Å². The Morgan fingerprint density at radius 3 is 2.70 bits per heavy atom. The zero-order valence-corrected chi connectivity index (χ0v) is 16.2. The number of carboxylic acid groups (broad SMARTS) is 1. The summed E-state index contributed by atoms with van der Waals surface area (Å²) in [5, 5.41) is 23.9. The molecule has 2 saturated carbocycles. The van der Waals surface area contributed by atoms with Crippen molar-refractivity contribution in [2.24, 2.45) is 40.4 Å². The van der Waals surface area contributed by atoms with Gasteiger partial charge in [-0.25, -0.2) is 0 Å². The average molecular weight is 371 g/mol. The second kappa shape index (κ2) is 4.68. The van der Waals surface area contributed by atoms with Crippen LogP contribution in [0.4, 0.5) is 0 Å². The highest BCUT2D eigenvalue weighted by atomic mass is 16.6. The fourth-order valence-electron chi connectivity index (χ4n) is 9.23. The molecule has 4 aliphatic carbocycles. The SMILES string of the molecule is C[C@@H]1C[N+]2([O-])C[C@H]3CCC4=C5[C@H](CC4)[C@H](C(=O)O)C[C@@]54C(=O)[C@@H]1CC2[C@@]34C. The lowest BCUT2D eigenvalue weighted by Gasteiger charge is -2.62. The molecule has 4 fully saturated rings. The summed E-state index contributed by atoms with van der Waals surface area (Å²) in [6, 6.07) is -0.0259. The van der Waals surface area contributed by atoms with E-state index in [1.54, 1.807) is 0 Å². The number of aliphatic carboxylic acids is 1. The van der Waals surface area contributed by atoms with Gasteiger partial charge in [0, 0.05) is 29.6 Å². The van der Waals surface area contributed by atoms with Crippen molar-refractivity contribution < 1.29 is 19.3 Å². The van der Waals surface area contributed by atoms with E-state index in [0.717, 1.165) is 32.1 Å². The molecule has 0 aromatic heterocycles. The Hall–Kier alpha value is -1.20. The van der Waals surface area contributed by atoms with Gasteiger partial charge in [-0.3, -0.25) is 9.59 Å². The molecule has 9 atom stereocenters. The van der Waals surface area contributed by atoms with Gasteiger partial charge in [-0.15, -0.1) is 0 Å². The third kappa shape index (κ3) is 1.56. The van der Waals surface area contributed by atoms with E-state index in [0.29, 0.717) is 25.3 Å². The minimum Gasteiger partial charge on any atom is -0.633 e. The summed E-state index contributed by atoms with van der Waals surface area (Å²) >= 11 is 0. The van der Waals surface area contributed by atoms with Crippen molar-refractivity contribution in [3.05, 3.63) is 16.4 Å². The highest BCUT2D eigenvalue weighted by Crippen LogP contribution is 2.75. The molecule has 2 saturated heterocycles. The number of carbonyl (C=O) groups is 2. The maximum absolute atomic E-state index is 14.2. The molecule has 27 heavy (non-hydrogen) atoms. The Morgan fingerprint density at radius 1 is 1.22 bits per heavy atom. The summed E-state index contributed by atoms with van der Waals surface area (Å²) < 4.78 is -0.126. The molecular formula is C22H29NO4. The van der Waals surface area contributed by atoms with Gasteiger partial charge in [0.25, 0.3) is 0 Å². The average Bonchev–Trinajstić information content (AvgIpc) is 3.19. The van der Waals surface area contributed by atoms with Crippen molar-refractivity contribution in [2.45, 2.75) is 58.4 Å². The second-order valence-corrected chi connectivity index (χ2v) is 10.8. The molecule has 6 aliphatic rings. The van der Waals surface area contributed by atoms with Gasteiger partial charge in [0.1, 0.15) is 5.78 Å². The Morgan fingerprint density at radius 2 is 1.96 bits per heavy atom. The summed E-state index contributed by atoms with van der Waals surface area (Å²) in [5.74, 6) is -0.540. The van der Waals surface area contributed by atoms with Crippen molar-refractivity contribution in [3.63, 3.8) is 0 Å². The van der Waals surface area contributed by atoms with Crippen LogP contribution < -0.4 is 0 Å². The second-order valence-electron chi connectivity index (χ2n) is 10.8. The summed E-state index contributed by atoms with van der Waals surface area (Å²) in [5.41, 5.74) is 1.60. The molecule has 5 nitrogen and oxygen atoms in total. The number of ketones is 1. The van der Waals surface area contributed by atoms with Gasteiger partial charge in [-0.2, -0.15) is 0 Å². The van der Waals surface area contributed by atoms with Crippen LogP contribution in [0.25, 0.3) is 0 Å². The summed E-state index contributed by atoms with van der Waals surface area (Å²) in [6.07, 6.45) is 5.01. The summed E-state index contributed by atoms with van der Waals surface area (Å²) in [4.78, 5) is 26.3. The number of hydrogen-bond acceptors (Lipinski definition) is 3. The van der Waals surface area contributed by atoms with E-state index in [9.17, 15) is 19.9 Å². The summed E-state index contributed by atoms with van der Waals surface area (Å²) in [7, 11) is 0. The van der Waals surface area contributed by atoms with Crippen LogP contribution in [0.1, 0.15) is 52.4 Å². The Labute approximate surface area is 160 Å². The molecule has 5 heteroatoms. The fourth-order valence-corrected chi connectivity index (χ4v) is 9.23. The van der Waals surface area contributed by atoms with Crippen molar-refractivity contribution in [1.82, 2.24) is 0 Å². The molecule has 2 unspecified atom stereocenters. The van der Waals surface area contributed by atoms with Crippen LogP contribution in [0.3, 0.4) is 0 Å². The largest absolute Gasteiger partial charge is 0.633 e. The van der Waals surface area contributed by atoms with E-state index in [2.05, 4.69) is 13.8 Å². The molecule has 6 rings (SSSR count). The number of quaternary nitrogens is 1. The molecule has 0 amide bonds. The van der Waals surface area contributed by atoms with Gasteiger partial charge in [0.05, 0.1) is 30.5 Å². The lowest BCUT2D eigenvalue weighted by atomic mass is 9.45. The highest BCUT2D eigenvalue weighted by molar-refractivity contribution is 5.95. The summed E-state index contributed by atoms with van der Waals surface area (Å²) in [6.45, 7) is 5.51. The first-order chi connectivity index (χ1) is 12.7. The number of nitrogens with zero attached hydrogens (tertiary/aromatic N) is 1. The van der Waals surface area contributed by atoms with Crippen LogP contribution in [0.2, 0.25) is 0 Å². The van der Waals surface area contributed by atoms with Gasteiger partial charge in [-0.1, -0.05) is 25.0 Å². The zero-order chi connectivity index (χ0) is 18.9. The number of hydrogen-bond donors (Lipinski definition) is 1. The third-order valence-corrected chi connectivity index (χ3v) is 10.2. The fraction of sp³-hybridized carbons (Fsp3) is 0.818. The van der Waals surface area contributed by atoms with Gasteiger partial charge in [0.15, 0.2) is 0 Å². The van der Waals surface area contributed by atoms with Gasteiger partial charge < -0.3 is 15.0 Å². The smallest absolute Gasteiger partial charge is 0.307 e. The molecule has 2 bridgehead atoms. The standard InChI is InChI=1S/C22H29NO4/c1-11-9-23(27)10-13-5-3-12-4-6-14-16(20(25)26)8-22(18(12)14)19(24)15(11)7-17(23)21(13,22)2/h11,13-17H,3-10H2,1-2H3,(H,25,26)/t11-,13-,14-,15-,16-,17?,21-,22+,23?/m1/s1. The van der Waals surface area contributed by atoms with E-state index in [1.807, 2.05) is 0 Å². The van der Waals surface area contributed by atoms with Crippen LogP contribution in [0.15, 0.2) is 11.1 Å². The molecule has 2 heterocycles. The van der Waals surface area contributed by atoms with E-state index in [4.69, 9.17) is 0 Å². The number of carbonyl (C=O) groups excluding carboxylic acids is 1. The predicted octanol–water partition coefficient (Wildman–Crippen LogP) is 3.14. The number of carboxylic acids is 1. The molecule has 2 aliphatic heterocycles. The van der Waals surface area contributed by atoms with E-state index in [-0.39, 0.29) is 39.8 Å². The first-order valence-electron chi connectivity index (χ1n) is 10.8. The normalized spacial score (nSPS) is 57.7. The third-order valence-electron chi connectivity index (χ3n) is 10.2. The zero-order valence-electron chi connectivity index (χ0n) is 16.2. The van der Waals surface area contributed by atoms with Crippen LogP contribution in [-0.2, 0) is 9.59 Å². The van der Waals surface area contributed by atoms with Crippen LogP contribution in [0.5, 0.6) is 0 Å². The number of piperidine rings is 1. The first-order valence-corrected chi connectivity index (χ1v) is 10.8. The monoisotopic (exact) mass is 371 g/mol. The van der Waals surface area contributed by atoms with E-state index in [1.165, 1.54) is 11.1 Å². The minimum absolute atomic E-state index is 0.0259. The van der Waals surface area contributed by atoms with Crippen molar-refractivity contribution in [2.75, 3.05) is 13.1 Å². The van der Waals surface area contributed by atoms with E-state index < -0.39 is 17.3 Å². The van der Waals surface area contributed by atoms with E-state index >= 15 is 0 Å². The molecule has 1 spiro atoms. The Bertz CT molecular complexity index is 819. The molecular weight excluding hydrogens is 342 g/mol. The first kappa shape index (κ1) is 16.7. The van der Waals surface area contributed by atoms with Crippen molar-refractivity contribution in [1.29, 1.82) is 0 Å². The molecule has 0 radical (unpaired) electrons. The Kier molecular flexibility index (Phi) is 2.90. The molecule has 0 aromatic carbocycles. The number of fused-ring (bicyclic) bond motifs is 1. The lowest BCUT2D eigenvalue weighted by molar-refractivity contribution is -0.908. The number of Topliss-reactive ketones (excluding diaryl/α,β-unsaturated/α-hetero) is 1. The molecule has 0 aromatic rings. The quantitative estimate of drug-likeness (QED) is 0.436. The van der Waals surface area contributed by atoms with Gasteiger partial charge >= 0.3 is 5.97 Å². The number of allylic oxidation sites excluding steroid dienone is 2. The molecule has 146 valence electrons. The van der Waals surface area contributed by atoms with Crippen LogP contribution in [-0.4, -0.2) is 40.6 Å². The van der Waals surface area contributed by atoms with Crippen LogP contribution in [0, 0.1) is 45.6 Å². The lowest BCUT2D eigenvalue weighted by Crippen LogP contribution is -2.68. The highest BCUT2D eigenvalue weighted by Gasteiger charge is 2.79. The number of hydroxylamine groups is 3. The van der Waals surface area contributed by atoms with Crippen LogP contribution >= 0.6 is 0 Å². The van der Waals surface area contributed by atoms with Gasteiger partial charge in [-0.05, 0) is 38.0 Å². The van der Waals surface area contributed by atoms with Gasteiger partial charge in [0.2, 0.25) is 0 Å². The maximum atomic E-state index is 14.2. The molecule has 1 N–H and O–H groups in total. The minimum atomic E-state index is -0.742. The maximum Gasteiger partial charge on any atom is 0.307 e. The van der Waals surface area contributed by atoms with Crippen molar-refractivity contribution in [3.8, 4) is 0 Å².